The van der Waals surface area contributed by atoms with Crippen molar-refractivity contribution in [2.24, 2.45) is 0 Å². The van der Waals surface area contributed by atoms with Crippen LogP contribution >= 0.6 is 0 Å². The third-order valence-corrected chi connectivity index (χ3v) is 2.47. The number of aliphatic hydroxyl groups is 1. The Morgan fingerprint density at radius 3 is 2.62 bits per heavy atom. The first-order valence-corrected chi connectivity index (χ1v) is 5.52. The van der Waals surface area contributed by atoms with Crippen LogP contribution in [0.2, 0.25) is 0 Å². The van der Waals surface area contributed by atoms with Gasteiger partial charge >= 0.3 is 11.9 Å². The lowest BCUT2D eigenvalue weighted by molar-refractivity contribution is -0.385. The van der Waals surface area contributed by atoms with Gasteiger partial charge in [0, 0.05) is 17.7 Å². The highest BCUT2D eigenvalue weighted by Gasteiger charge is 2.38. The molecule has 1 aromatic carbocycles. The van der Waals surface area contributed by atoms with Crippen molar-refractivity contribution >= 4 is 11.6 Å². The van der Waals surface area contributed by atoms with E-state index in [4.69, 9.17) is 9.84 Å². The van der Waals surface area contributed by atoms with Gasteiger partial charge in [-0.05, 0) is 6.07 Å². The minimum atomic E-state index is -4.85. The minimum Gasteiger partial charge on any atom is -0.490 e. The van der Waals surface area contributed by atoms with Crippen LogP contribution in [0.3, 0.4) is 0 Å². The highest BCUT2D eigenvalue weighted by molar-refractivity contribution is 5.95. The summed E-state index contributed by atoms with van der Waals surface area (Å²) in [5.41, 5.74) is -0.517. The second-order valence-corrected chi connectivity index (χ2v) is 3.91. The molecule has 0 heterocycles. The third-order valence-electron chi connectivity index (χ3n) is 2.47. The molecule has 2 N–H and O–H groups in total. The largest absolute Gasteiger partial charge is 0.490 e. The van der Waals surface area contributed by atoms with E-state index in [9.17, 15) is 28.1 Å². The van der Waals surface area contributed by atoms with E-state index in [1.807, 2.05) is 5.32 Å². The van der Waals surface area contributed by atoms with Crippen LogP contribution in [0.4, 0.5) is 18.9 Å². The summed E-state index contributed by atoms with van der Waals surface area (Å²) in [6, 6.07) is 3.08. The van der Waals surface area contributed by atoms with E-state index >= 15 is 0 Å². The normalized spacial score (nSPS) is 12.6. The lowest BCUT2D eigenvalue weighted by Crippen LogP contribution is -2.40. The van der Waals surface area contributed by atoms with Gasteiger partial charge in [-0.15, -0.1) is 0 Å². The maximum atomic E-state index is 12.1. The fraction of sp³-hybridized carbons (Fsp3) is 0.364. The van der Waals surface area contributed by atoms with Crippen LogP contribution in [-0.4, -0.2) is 41.9 Å². The highest BCUT2D eigenvalue weighted by Crippen LogP contribution is 2.27. The van der Waals surface area contributed by atoms with Gasteiger partial charge in [0.1, 0.15) is 0 Å². The number of carbonyl (C=O) groups is 1. The first-order valence-electron chi connectivity index (χ1n) is 5.52. The number of aliphatic hydroxyl groups excluding tert-OH is 1. The maximum absolute atomic E-state index is 12.1. The van der Waals surface area contributed by atoms with Gasteiger partial charge in [-0.1, -0.05) is 0 Å². The molecule has 1 atom stereocenters. The summed E-state index contributed by atoms with van der Waals surface area (Å²) >= 11 is 0. The zero-order chi connectivity index (χ0) is 16.2. The van der Waals surface area contributed by atoms with Gasteiger partial charge in [0.15, 0.2) is 11.9 Å². The van der Waals surface area contributed by atoms with Gasteiger partial charge in [-0.25, -0.2) is 0 Å². The standard InChI is InChI=1S/C11H11F3N2O5/c1-21-8-4-6(2-3-7(8)16(19)20)10(18)15-5-9(17)11(12,13)14/h2-4,9,17H,5H2,1H3,(H,15,18). The molecule has 10 heteroatoms. The van der Waals surface area contributed by atoms with Crippen molar-refractivity contribution in [1.82, 2.24) is 5.32 Å². The molecule has 0 aliphatic rings. The van der Waals surface area contributed by atoms with E-state index in [1.165, 1.54) is 0 Å². The number of halogens is 3. The number of nitro groups is 1. The van der Waals surface area contributed by atoms with E-state index in [0.717, 1.165) is 25.3 Å². The number of nitrogens with zero attached hydrogens (tertiary/aromatic N) is 1. The fourth-order valence-corrected chi connectivity index (χ4v) is 1.38. The van der Waals surface area contributed by atoms with Crippen molar-refractivity contribution < 1.29 is 32.7 Å². The number of nitrogens with one attached hydrogen (secondary N) is 1. The van der Waals surface area contributed by atoms with Crippen LogP contribution in [-0.2, 0) is 0 Å². The molecule has 1 rings (SSSR count). The van der Waals surface area contributed by atoms with Crippen LogP contribution in [0.5, 0.6) is 5.75 Å². The van der Waals surface area contributed by atoms with E-state index in [1.54, 1.807) is 0 Å². The lowest BCUT2D eigenvalue weighted by atomic mass is 10.1. The van der Waals surface area contributed by atoms with E-state index in [2.05, 4.69) is 0 Å². The number of benzene rings is 1. The van der Waals surface area contributed by atoms with Crippen molar-refractivity contribution in [3.63, 3.8) is 0 Å². The summed E-state index contributed by atoms with van der Waals surface area (Å²) in [5.74, 6) is -1.13. The summed E-state index contributed by atoms with van der Waals surface area (Å²) < 4.78 is 40.9. The highest BCUT2D eigenvalue weighted by atomic mass is 19.4. The number of rotatable bonds is 5. The predicted octanol–water partition coefficient (Wildman–Crippen LogP) is 1.26. The number of hydrogen-bond acceptors (Lipinski definition) is 5. The first kappa shape index (κ1) is 16.7. The van der Waals surface area contributed by atoms with Crippen molar-refractivity contribution in [1.29, 1.82) is 0 Å². The molecule has 1 unspecified atom stereocenters. The second kappa shape index (κ2) is 6.39. The van der Waals surface area contributed by atoms with Crippen LogP contribution < -0.4 is 10.1 Å². The molecule has 0 saturated carbocycles. The topological polar surface area (TPSA) is 102 Å². The molecule has 0 spiro atoms. The Morgan fingerprint density at radius 2 is 2.14 bits per heavy atom. The van der Waals surface area contributed by atoms with E-state index in [0.29, 0.717) is 0 Å². The Labute approximate surface area is 116 Å². The number of carbonyl (C=O) groups excluding carboxylic acids is 1. The fourth-order valence-electron chi connectivity index (χ4n) is 1.38. The summed E-state index contributed by atoms with van der Waals surface area (Å²) in [4.78, 5) is 21.5. The van der Waals surface area contributed by atoms with Crippen molar-refractivity contribution in [2.75, 3.05) is 13.7 Å². The summed E-state index contributed by atoms with van der Waals surface area (Å²) in [7, 11) is 1.15. The molecule has 21 heavy (non-hydrogen) atoms. The third kappa shape index (κ3) is 4.31. The van der Waals surface area contributed by atoms with Gasteiger partial charge in [-0.2, -0.15) is 13.2 Å². The molecular formula is C11H11F3N2O5. The summed E-state index contributed by atoms with van der Waals surface area (Å²) in [5, 5.41) is 21.3. The average Bonchev–Trinajstić information content (AvgIpc) is 2.42. The predicted molar refractivity (Wildman–Crippen MR) is 64.0 cm³/mol. The second-order valence-electron chi connectivity index (χ2n) is 3.91. The van der Waals surface area contributed by atoms with Gasteiger partial charge in [-0.3, -0.25) is 14.9 Å². The van der Waals surface area contributed by atoms with Gasteiger partial charge in [0.05, 0.1) is 18.6 Å². The van der Waals surface area contributed by atoms with Crippen molar-refractivity contribution in [3.8, 4) is 5.75 Å². The molecule has 0 radical (unpaired) electrons. The first-order chi connectivity index (χ1) is 9.66. The maximum Gasteiger partial charge on any atom is 0.416 e. The lowest BCUT2D eigenvalue weighted by Gasteiger charge is -2.15. The van der Waals surface area contributed by atoms with Crippen LogP contribution in [0.15, 0.2) is 18.2 Å². The Morgan fingerprint density at radius 1 is 1.52 bits per heavy atom. The molecule has 116 valence electrons. The molecular weight excluding hydrogens is 297 g/mol. The molecule has 1 amide bonds. The minimum absolute atomic E-state index is 0.133. The zero-order valence-corrected chi connectivity index (χ0v) is 10.7. The Kier molecular flexibility index (Phi) is 5.08. The average molecular weight is 308 g/mol. The zero-order valence-electron chi connectivity index (χ0n) is 10.7. The molecule has 0 bridgehead atoms. The van der Waals surface area contributed by atoms with Crippen LogP contribution in [0.1, 0.15) is 10.4 Å². The number of methoxy groups -OCH3 is 1. The van der Waals surface area contributed by atoms with E-state index < -0.39 is 29.7 Å². The smallest absolute Gasteiger partial charge is 0.416 e. The Balaban J connectivity index is 2.82. The Hall–Kier alpha value is -2.36. The van der Waals surface area contributed by atoms with Crippen molar-refractivity contribution in [2.45, 2.75) is 12.3 Å². The molecule has 1 aromatic rings. The summed E-state index contributed by atoms with van der Waals surface area (Å²) in [6.07, 6.45) is -7.54. The number of ether oxygens (including phenoxy) is 1. The van der Waals surface area contributed by atoms with Gasteiger partial charge in [0.25, 0.3) is 5.91 Å². The van der Waals surface area contributed by atoms with Gasteiger partial charge in [0.2, 0.25) is 0 Å². The Bertz CT molecular complexity index is 547. The molecule has 0 saturated heterocycles. The van der Waals surface area contributed by atoms with Gasteiger partial charge < -0.3 is 15.2 Å². The molecule has 0 aliphatic heterocycles. The van der Waals surface area contributed by atoms with Crippen LogP contribution in [0, 0.1) is 10.1 Å². The molecule has 0 aromatic heterocycles. The molecule has 0 fully saturated rings. The number of hydrogen-bond donors (Lipinski definition) is 2. The molecule has 7 nitrogen and oxygen atoms in total. The quantitative estimate of drug-likeness (QED) is 0.630. The number of alkyl halides is 3. The van der Waals surface area contributed by atoms with Crippen molar-refractivity contribution in [3.05, 3.63) is 33.9 Å². The monoisotopic (exact) mass is 308 g/mol. The number of nitro benzene ring substituents is 1. The van der Waals surface area contributed by atoms with E-state index in [-0.39, 0.29) is 17.0 Å². The molecule has 0 aliphatic carbocycles. The SMILES string of the molecule is COc1cc(C(=O)NCC(O)C(F)(F)F)ccc1[N+](=O)[O-]. The summed E-state index contributed by atoms with van der Waals surface area (Å²) in [6.45, 7) is -1.03. The van der Waals surface area contributed by atoms with Crippen LogP contribution in [0.25, 0.3) is 0 Å². The number of amides is 1.